The number of anilines is 2. The Morgan fingerprint density at radius 3 is 2.72 bits per heavy atom. The average Bonchev–Trinajstić information content (AvgIpc) is 2.93. The molecule has 1 aromatic heterocycles. The van der Waals surface area contributed by atoms with Crippen molar-refractivity contribution in [2.24, 2.45) is 7.05 Å². The van der Waals surface area contributed by atoms with Crippen molar-refractivity contribution >= 4 is 40.6 Å². The van der Waals surface area contributed by atoms with E-state index in [1.807, 2.05) is 36.7 Å². The molecule has 1 aliphatic rings. The van der Waals surface area contributed by atoms with Crippen molar-refractivity contribution in [3.05, 3.63) is 29.0 Å². The average molecular weight is 380 g/mol. The second-order valence-corrected chi connectivity index (χ2v) is 7.46. The van der Waals surface area contributed by atoms with Crippen molar-refractivity contribution in [3.63, 3.8) is 0 Å². The normalized spacial score (nSPS) is 14.6. The largest absolute Gasteiger partial charge is 0.369 e. The van der Waals surface area contributed by atoms with Crippen LogP contribution in [0, 0.1) is 6.92 Å². The maximum atomic E-state index is 12.4. The first-order chi connectivity index (χ1) is 12.1. The summed E-state index contributed by atoms with van der Waals surface area (Å²) >= 11 is 7.79. The fraction of sp³-hybridized carbons (Fsp3) is 0.471. The first kappa shape index (κ1) is 18.1. The molecular weight excluding hydrogens is 358 g/mol. The van der Waals surface area contributed by atoms with Crippen LogP contribution in [-0.2, 0) is 11.8 Å². The number of carbonyl (C=O) groups is 1. The number of halogens is 1. The van der Waals surface area contributed by atoms with Gasteiger partial charge in [-0.2, -0.15) is 0 Å². The lowest BCUT2D eigenvalue weighted by Crippen LogP contribution is -2.31. The molecule has 0 spiro atoms. The molecule has 2 aromatic rings. The lowest BCUT2D eigenvalue weighted by molar-refractivity contribution is -0.113. The zero-order valence-electron chi connectivity index (χ0n) is 14.5. The van der Waals surface area contributed by atoms with Crippen LogP contribution in [0.4, 0.5) is 11.4 Å². The molecule has 1 aliphatic heterocycles. The first-order valence-electron chi connectivity index (χ1n) is 8.38. The van der Waals surface area contributed by atoms with Crippen LogP contribution in [0.2, 0.25) is 5.02 Å². The van der Waals surface area contributed by atoms with Gasteiger partial charge in [0.15, 0.2) is 5.16 Å². The van der Waals surface area contributed by atoms with Crippen LogP contribution < -0.4 is 10.2 Å². The van der Waals surface area contributed by atoms with E-state index in [0.29, 0.717) is 5.02 Å². The molecule has 8 heteroatoms. The highest BCUT2D eigenvalue weighted by Crippen LogP contribution is 2.35. The number of aryl methyl sites for hydroxylation is 1. The number of nitrogens with zero attached hydrogens (tertiary/aromatic N) is 4. The predicted octanol–water partition coefficient (Wildman–Crippen LogP) is 3.50. The second-order valence-electron chi connectivity index (χ2n) is 6.11. The molecule has 6 nitrogen and oxygen atoms in total. The molecule has 134 valence electrons. The van der Waals surface area contributed by atoms with Gasteiger partial charge >= 0.3 is 0 Å². The standard InChI is InChI=1S/C17H22ClN5OS/c1-12-20-21-17(22(12)2)25-11-15(24)19-14-8-6-7-13(18)16(14)23-9-4-3-5-10-23/h6-8H,3-5,9-11H2,1-2H3,(H,19,24). The summed E-state index contributed by atoms with van der Waals surface area (Å²) in [4.78, 5) is 14.7. The number of para-hydroxylation sites is 1. The molecule has 0 aliphatic carbocycles. The highest BCUT2D eigenvalue weighted by Gasteiger charge is 2.19. The van der Waals surface area contributed by atoms with E-state index in [2.05, 4.69) is 20.4 Å². The number of thioether (sulfide) groups is 1. The van der Waals surface area contributed by atoms with Crippen LogP contribution in [0.25, 0.3) is 0 Å². The minimum absolute atomic E-state index is 0.0776. The van der Waals surface area contributed by atoms with Gasteiger partial charge in [0.05, 0.1) is 22.2 Å². The maximum Gasteiger partial charge on any atom is 0.234 e. The molecule has 1 aromatic carbocycles. The number of benzene rings is 1. The third-order valence-corrected chi connectivity index (χ3v) is 5.64. The summed E-state index contributed by atoms with van der Waals surface area (Å²) in [6.07, 6.45) is 3.55. The van der Waals surface area contributed by atoms with Gasteiger partial charge in [0.2, 0.25) is 5.91 Å². The fourth-order valence-electron chi connectivity index (χ4n) is 2.88. The lowest BCUT2D eigenvalue weighted by Gasteiger charge is -2.31. The van der Waals surface area contributed by atoms with Crippen LogP contribution in [-0.4, -0.2) is 39.5 Å². The van der Waals surface area contributed by atoms with E-state index in [1.165, 1.54) is 18.2 Å². The van der Waals surface area contributed by atoms with Gasteiger partial charge in [-0.05, 0) is 38.3 Å². The molecule has 0 atom stereocenters. The van der Waals surface area contributed by atoms with Gasteiger partial charge in [-0.15, -0.1) is 10.2 Å². The monoisotopic (exact) mass is 379 g/mol. The minimum atomic E-state index is -0.0776. The molecule has 3 rings (SSSR count). The van der Waals surface area contributed by atoms with Gasteiger partial charge in [-0.25, -0.2) is 0 Å². The summed E-state index contributed by atoms with van der Waals surface area (Å²) in [6.45, 7) is 3.83. The third kappa shape index (κ3) is 4.27. The summed E-state index contributed by atoms with van der Waals surface area (Å²) in [6, 6.07) is 5.65. The van der Waals surface area contributed by atoms with E-state index in [9.17, 15) is 4.79 Å². The van der Waals surface area contributed by atoms with Gasteiger partial charge < -0.3 is 14.8 Å². The van der Waals surface area contributed by atoms with E-state index in [0.717, 1.165) is 48.3 Å². The summed E-state index contributed by atoms with van der Waals surface area (Å²) in [5.74, 6) is 1.02. The Kier molecular flexibility index (Phi) is 5.86. The third-order valence-electron chi connectivity index (χ3n) is 4.32. The predicted molar refractivity (Wildman–Crippen MR) is 103 cm³/mol. The van der Waals surface area contributed by atoms with Crippen LogP contribution in [0.3, 0.4) is 0 Å². The Balaban J connectivity index is 1.68. The molecule has 2 heterocycles. The van der Waals surface area contributed by atoms with Crippen molar-refractivity contribution in [2.75, 3.05) is 29.1 Å². The van der Waals surface area contributed by atoms with E-state index >= 15 is 0 Å². The summed E-state index contributed by atoms with van der Waals surface area (Å²) in [5, 5.41) is 12.5. The molecule has 0 saturated carbocycles. The topological polar surface area (TPSA) is 63.1 Å². The highest BCUT2D eigenvalue weighted by atomic mass is 35.5. The molecule has 1 fully saturated rings. The van der Waals surface area contributed by atoms with Crippen LogP contribution in [0.5, 0.6) is 0 Å². The lowest BCUT2D eigenvalue weighted by atomic mass is 10.1. The zero-order chi connectivity index (χ0) is 17.8. The Morgan fingerprint density at radius 2 is 2.04 bits per heavy atom. The fourth-order valence-corrected chi connectivity index (χ4v) is 3.94. The highest BCUT2D eigenvalue weighted by molar-refractivity contribution is 7.99. The number of amides is 1. The maximum absolute atomic E-state index is 12.4. The van der Waals surface area contributed by atoms with Crippen LogP contribution >= 0.6 is 23.4 Å². The quantitative estimate of drug-likeness (QED) is 0.805. The van der Waals surface area contributed by atoms with Crippen molar-refractivity contribution in [1.82, 2.24) is 14.8 Å². The van der Waals surface area contributed by atoms with Crippen molar-refractivity contribution in [1.29, 1.82) is 0 Å². The van der Waals surface area contributed by atoms with E-state index in [4.69, 9.17) is 11.6 Å². The number of piperidine rings is 1. The molecule has 0 bridgehead atoms. The van der Waals surface area contributed by atoms with Crippen LogP contribution in [0.15, 0.2) is 23.4 Å². The Hall–Kier alpha value is -1.73. The zero-order valence-corrected chi connectivity index (χ0v) is 16.0. The molecule has 1 amide bonds. The number of rotatable bonds is 5. The Bertz CT molecular complexity index is 757. The van der Waals surface area contributed by atoms with E-state index in [-0.39, 0.29) is 11.7 Å². The van der Waals surface area contributed by atoms with Crippen LogP contribution in [0.1, 0.15) is 25.1 Å². The Morgan fingerprint density at radius 1 is 1.28 bits per heavy atom. The second kappa shape index (κ2) is 8.10. The summed E-state index contributed by atoms with van der Waals surface area (Å²) < 4.78 is 1.87. The molecule has 25 heavy (non-hydrogen) atoms. The van der Waals surface area contributed by atoms with E-state index in [1.54, 1.807) is 0 Å². The SMILES string of the molecule is Cc1nnc(SCC(=O)Nc2cccc(Cl)c2N2CCCCC2)n1C. The molecular formula is C17H22ClN5OS. The molecule has 1 saturated heterocycles. The number of carbonyl (C=O) groups excluding carboxylic acids is 1. The number of hydrogen-bond donors (Lipinski definition) is 1. The van der Waals surface area contributed by atoms with Gasteiger partial charge in [-0.1, -0.05) is 29.4 Å². The first-order valence-corrected chi connectivity index (χ1v) is 9.74. The van der Waals surface area contributed by atoms with Gasteiger partial charge in [0.1, 0.15) is 5.82 Å². The van der Waals surface area contributed by atoms with E-state index < -0.39 is 0 Å². The minimum Gasteiger partial charge on any atom is -0.369 e. The smallest absolute Gasteiger partial charge is 0.234 e. The molecule has 1 N–H and O–H groups in total. The number of hydrogen-bond acceptors (Lipinski definition) is 5. The molecule has 0 unspecified atom stereocenters. The number of aromatic nitrogens is 3. The van der Waals surface area contributed by atoms with Crippen molar-refractivity contribution in [2.45, 2.75) is 31.3 Å². The number of nitrogens with one attached hydrogen (secondary N) is 1. The van der Waals surface area contributed by atoms with Crippen molar-refractivity contribution < 1.29 is 4.79 Å². The van der Waals surface area contributed by atoms with Gasteiger partial charge in [0.25, 0.3) is 0 Å². The van der Waals surface area contributed by atoms with Gasteiger partial charge in [0, 0.05) is 20.1 Å². The Labute approximate surface area is 156 Å². The molecule has 0 radical (unpaired) electrons. The summed E-state index contributed by atoms with van der Waals surface area (Å²) in [5.41, 5.74) is 1.70. The van der Waals surface area contributed by atoms with Gasteiger partial charge in [-0.3, -0.25) is 4.79 Å². The summed E-state index contributed by atoms with van der Waals surface area (Å²) in [7, 11) is 1.89. The van der Waals surface area contributed by atoms with Crippen molar-refractivity contribution in [3.8, 4) is 0 Å².